The molecule has 2 aromatic rings. The monoisotopic (exact) mass is 548 g/mol. The van der Waals surface area contributed by atoms with Crippen molar-refractivity contribution in [3.8, 4) is 0 Å². The van der Waals surface area contributed by atoms with Crippen LogP contribution in [0.15, 0.2) is 30.3 Å². The number of carbonyl (C=O) groups is 1. The summed E-state index contributed by atoms with van der Waals surface area (Å²) in [5.41, 5.74) is 1.11. The van der Waals surface area contributed by atoms with E-state index >= 15 is 0 Å². The van der Waals surface area contributed by atoms with Crippen LogP contribution >= 0.6 is 0 Å². The summed E-state index contributed by atoms with van der Waals surface area (Å²) in [5, 5.41) is 7.32. The van der Waals surface area contributed by atoms with Crippen molar-refractivity contribution >= 4 is 16.1 Å². The van der Waals surface area contributed by atoms with Crippen LogP contribution in [0.2, 0.25) is 0 Å². The van der Waals surface area contributed by atoms with E-state index in [0.29, 0.717) is 30.9 Å². The second-order valence-corrected chi connectivity index (χ2v) is 11.8. The molecule has 212 valence electrons. The van der Waals surface area contributed by atoms with Crippen molar-refractivity contribution in [3.63, 3.8) is 0 Å². The normalized spacial score (nSPS) is 15.5. The summed E-state index contributed by atoms with van der Waals surface area (Å²) in [6.45, 7) is 6.60. The molecule has 1 aliphatic carbocycles. The lowest BCUT2D eigenvalue weighted by Gasteiger charge is -2.22. The fourth-order valence-electron chi connectivity index (χ4n) is 4.89. The molecule has 1 fully saturated rings. The number of alkyl carbamates (subject to hydrolysis) is 1. The van der Waals surface area contributed by atoms with Gasteiger partial charge >= 0.3 is 6.09 Å². The predicted molar refractivity (Wildman–Crippen MR) is 148 cm³/mol. The van der Waals surface area contributed by atoms with Crippen LogP contribution < -0.4 is 10.0 Å². The zero-order valence-electron chi connectivity index (χ0n) is 23.1. The number of nitrogens with one attached hydrogen (secondary N) is 2. The molecule has 1 aromatic carbocycles. The van der Waals surface area contributed by atoms with Gasteiger partial charge in [0.25, 0.3) is 0 Å². The van der Waals surface area contributed by atoms with Crippen molar-refractivity contribution in [1.29, 1.82) is 0 Å². The summed E-state index contributed by atoms with van der Waals surface area (Å²) < 4.78 is 35.9. The van der Waals surface area contributed by atoms with E-state index in [4.69, 9.17) is 4.74 Å². The fourth-order valence-corrected chi connectivity index (χ4v) is 6.18. The number of hydrogen-bond donors (Lipinski definition) is 2. The molecule has 0 bridgehead atoms. The molecule has 1 saturated carbocycles. The first-order valence-corrected chi connectivity index (χ1v) is 15.5. The minimum Gasteiger partial charge on any atom is -0.441 e. The molecule has 10 nitrogen and oxygen atoms in total. The highest BCUT2D eigenvalue weighted by atomic mass is 32.2. The number of rotatable bonds is 15. The summed E-state index contributed by atoms with van der Waals surface area (Å²) in [4.78, 5) is 19.0. The van der Waals surface area contributed by atoms with Crippen LogP contribution in [0.1, 0.15) is 82.0 Å². The minimum atomic E-state index is -3.55. The van der Waals surface area contributed by atoms with Crippen LogP contribution in [0, 0.1) is 0 Å². The zero-order chi connectivity index (χ0) is 27.4. The Balaban J connectivity index is 1.65. The third kappa shape index (κ3) is 9.99. The Morgan fingerprint density at radius 2 is 1.87 bits per heavy atom. The number of benzene rings is 1. The van der Waals surface area contributed by atoms with Gasteiger partial charge in [0.15, 0.2) is 12.4 Å². The lowest BCUT2D eigenvalue weighted by Crippen LogP contribution is -2.36. The molecule has 0 spiro atoms. The van der Waals surface area contributed by atoms with E-state index in [1.807, 2.05) is 30.3 Å². The van der Waals surface area contributed by atoms with Crippen molar-refractivity contribution in [1.82, 2.24) is 29.7 Å². The van der Waals surface area contributed by atoms with Crippen molar-refractivity contribution < 1.29 is 17.9 Å². The Hall–Kier alpha value is -2.50. The van der Waals surface area contributed by atoms with Crippen LogP contribution in [0.25, 0.3) is 0 Å². The van der Waals surface area contributed by atoms with Crippen LogP contribution in [0.5, 0.6) is 0 Å². The maximum atomic E-state index is 13.0. The van der Waals surface area contributed by atoms with Crippen molar-refractivity contribution in [2.45, 2.75) is 83.9 Å². The first kappa shape index (κ1) is 30.0. The van der Waals surface area contributed by atoms with E-state index in [1.54, 1.807) is 11.7 Å². The summed E-state index contributed by atoms with van der Waals surface area (Å²) in [6, 6.07) is 9.54. The lowest BCUT2D eigenvalue weighted by molar-refractivity contribution is 0.130. The third-order valence-corrected chi connectivity index (χ3v) is 8.55. The van der Waals surface area contributed by atoms with Gasteiger partial charge in [-0.25, -0.2) is 22.9 Å². The minimum absolute atomic E-state index is 0.0422. The molecule has 0 unspecified atom stereocenters. The van der Waals surface area contributed by atoms with Gasteiger partial charge in [0.05, 0.1) is 11.8 Å². The number of sulfonamides is 1. The lowest BCUT2D eigenvalue weighted by atomic mass is 9.96. The molecule has 1 aliphatic rings. The van der Waals surface area contributed by atoms with E-state index in [2.05, 4.69) is 38.9 Å². The number of aromatic nitrogens is 3. The highest BCUT2D eigenvalue weighted by molar-refractivity contribution is 7.89. The smallest absolute Gasteiger partial charge is 0.407 e. The first-order chi connectivity index (χ1) is 18.3. The van der Waals surface area contributed by atoms with Gasteiger partial charge in [-0.2, -0.15) is 5.10 Å². The largest absolute Gasteiger partial charge is 0.441 e. The van der Waals surface area contributed by atoms with Gasteiger partial charge in [-0.05, 0) is 57.3 Å². The Kier molecular flexibility index (Phi) is 12.0. The highest BCUT2D eigenvalue weighted by Gasteiger charge is 2.25. The second-order valence-electron chi connectivity index (χ2n) is 9.96. The average molecular weight is 549 g/mol. The van der Waals surface area contributed by atoms with E-state index in [0.717, 1.165) is 50.9 Å². The SMILES string of the molecule is CCN(CC)CCCS(=O)(=O)N[C@H](CCc1ccccc1)c1nc(COC(=O)NC2CCCCC2)nn1C. The van der Waals surface area contributed by atoms with Crippen molar-refractivity contribution in [2.75, 3.05) is 25.4 Å². The summed E-state index contributed by atoms with van der Waals surface area (Å²) >= 11 is 0. The van der Waals surface area contributed by atoms with E-state index < -0.39 is 22.2 Å². The number of amides is 1. The van der Waals surface area contributed by atoms with E-state index in [9.17, 15) is 13.2 Å². The van der Waals surface area contributed by atoms with Gasteiger partial charge in [-0.1, -0.05) is 63.4 Å². The van der Waals surface area contributed by atoms with Gasteiger partial charge in [-0.15, -0.1) is 0 Å². The molecular formula is C27H44N6O4S. The number of nitrogens with zero attached hydrogens (tertiary/aromatic N) is 4. The molecule has 1 heterocycles. The summed E-state index contributed by atoms with van der Waals surface area (Å²) in [7, 11) is -1.81. The maximum absolute atomic E-state index is 13.0. The molecule has 1 aromatic heterocycles. The van der Waals surface area contributed by atoms with E-state index in [-0.39, 0.29) is 18.4 Å². The average Bonchev–Trinajstić information content (AvgIpc) is 3.29. The summed E-state index contributed by atoms with van der Waals surface area (Å²) in [6.07, 6.45) is 6.66. The molecule has 0 radical (unpaired) electrons. The highest BCUT2D eigenvalue weighted by Crippen LogP contribution is 2.20. The summed E-state index contributed by atoms with van der Waals surface area (Å²) in [5.74, 6) is 0.881. The predicted octanol–water partition coefficient (Wildman–Crippen LogP) is 3.70. The van der Waals surface area contributed by atoms with Crippen molar-refractivity contribution in [2.24, 2.45) is 7.05 Å². The Morgan fingerprint density at radius 3 is 2.55 bits per heavy atom. The molecule has 11 heteroatoms. The molecule has 2 N–H and O–H groups in total. The number of carbonyl (C=O) groups excluding carboxylic acids is 1. The van der Waals surface area contributed by atoms with Gasteiger partial charge in [0.2, 0.25) is 10.0 Å². The molecule has 0 saturated heterocycles. The zero-order valence-corrected chi connectivity index (χ0v) is 23.9. The van der Waals surface area contributed by atoms with Crippen LogP contribution in [-0.2, 0) is 34.8 Å². The van der Waals surface area contributed by atoms with Gasteiger partial charge in [0, 0.05) is 13.1 Å². The fraction of sp³-hybridized carbons (Fsp3) is 0.667. The quantitative estimate of drug-likeness (QED) is 0.348. The van der Waals surface area contributed by atoms with Gasteiger partial charge < -0.3 is 15.0 Å². The number of ether oxygens (including phenoxy) is 1. The Labute approximate surface area is 227 Å². The van der Waals surface area contributed by atoms with Crippen LogP contribution in [0.4, 0.5) is 4.79 Å². The second kappa shape index (κ2) is 15.2. The number of hydrogen-bond acceptors (Lipinski definition) is 7. The topological polar surface area (TPSA) is 118 Å². The molecule has 3 rings (SSSR count). The van der Waals surface area contributed by atoms with Gasteiger partial charge in [-0.3, -0.25) is 4.68 Å². The van der Waals surface area contributed by atoms with E-state index in [1.165, 1.54) is 6.42 Å². The molecular weight excluding hydrogens is 504 g/mol. The van der Waals surface area contributed by atoms with Gasteiger partial charge in [0.1, 0.15) is 5.82 Å². The molecule has 38 heavy (non-hydrogen) atoms. The Morgan fingerprint density at radius 1 is 1.16 bits per heavy atom. The standard InChI is InChI=1S/C27H44N6O4S/c1-4-33(5-2)19-12-20-38(35,36)31-24(18-17-22-13-8-6-9-14-22)26-29-25(30-32(26)3)21-37-27(34)28-23-15-10-7-11-16-23/h6,8-9,13-14,23-24,31H,4-5,7,10-12,15-21H2,1-3H3,(H,28,34)/t24-/m1/s1. The first-order valence-electron chi connectivity index (χ1n) is 13.9. The maximum Gasteiger partial charge on any atom is 0.407 e. The van der Waals surface area contributed by atoms with Crippen LogP contribution in [0.3, 0.4) is 0 Å². The molecule has 0 aliphatic heterocycles. The molecule has 1 atom stereocenters. The third-order valence-electron chi connectivity index (χ3n) is 7.08. The Bertz CT molecular complexity index is 1080. The number of aryl methyl sites for hydroxylation is 2. The van der Waals surface area contributed by atoms with Crippen LogP contribution in [-0.4, -0.2) is 65.6 Å². The van der Waals surface area contributed by atoms with Crippen molar-refractivity contribution in [3.05, 3.63) is 47.5 Å². The molecule has 1 amide bonds.